The molecule has 0 amide bonds. The van der Waals surface area contributed by atoms with Crippen LogP contribution in [-0.2, 0) is 47.1 Å². The predicted molar refractivity (Wildman–Crippen MR) is 157 cm³/mol. The third-order valence-corrected chi connectivity index (χ3v) is 10.4. The van der Waals surface area contributed by atoms with Gasteiger partial charge >= 0.3 is 5.97 Å². The molecule has 0 radical (unpaired) electrons. The Balaban J connectivity index is 2.09. The van der Waals surface area contributed by atoms with E-state index in [2.05, 4.69) is 53.7 Å². The first-order chi connectivity index (χ1) is 17.6. The lowest BCUT2D eigenvalue weighted by Gasteiger charge is -2.34. The second-order valence-corrected chi connectivity index (χ2v) is 15.0. The van der Waals surface area contributed by atoms with Gasteiger partial charge < -0.3 is 9.47 Å². The van der Waals surface area contributed by atoms with E-state index in [1.165, 1.54) is 5.56 Å². The van der Waals surface area contributed by atoms with Crippen molar-refractivity contribution in [3.63, 3.8) is 0 Å². The molecule has 0 aromatic heterocycles. The number of ether oxygens (including phenoxy) is 2. The highest BCUT2D eigenvalue weighted by atomic mass is 32.2. The van der Waals surface area contributed by atoms with Gasteiger partial charge in [-0.25, -0.2) is 17.5 Å². The first-order valence-electron chi connectivity index (χ1n) is 14.2. The summed E-state index contributed by atoms with van der Waals surface area (Å²) in [5.41, 5.74) is 2.81. The Kier molecular flexibility index (Phi) is 9.29. The van der Waals surface area contributed by atoms with Crippen molar-refractivity contribution in [3.8, 4) is 0 Å². The van der Waals surface area contributed by atoms with E-state index < -0.39 is 27.6 Å². The number of hydrogen-bond acceptors (Lipinski definition) is 6. The monoisotopic (exact) mass is 565 g/mol. The maximum absolute atomic E-state index is 13.7. The fourth-order valence-electron chi connectivity index (χ4n) is 5.79. The van der Waals surface area contributed by atoms with Crippen LogP contribution < -0.4 is 0 Å². The van der Waals surface area contributed by atoms with Crippen LogP contribution in [-0.4, -0.2) is 42.3 Å². The Morgan fingerprint density at radius 2 is 1.68 bits per heavy atom. The Labute approximate surface area is 235 Å². The van der Waals surface area contributed by atoms with Crippen molar-refractivity contribution in [1.82, 2.24) is 4.31 Å². The number of esters is 1. The molecular formula is C30H47NO5S2. The molecule has 2 atom stereocenters. The SMILES string of the molecule is CCCCCCCCS(=O)(=O)N1C(=S)OC(C)(c2cc(C(C)(C)C)cc3c2CCC3(C)C)C1C(=O)OCC. The van der Waals surface area contributed by atoms with E-state index >= 15 is 0 Å². The van der Waals surface area contributed by atoms with Gasteiger partial charge in [-0.1, -0.05) is 85.8 Å². The highest BCUT2D eigenvalue weighted by Gasteiger charge is 2.60. The van der Waals surface area contributed by atoms with Gasteiger partial charge in [-0.2, -0.15) is 0 Å². The third kappa shape index (κ3) is 6.06. The zero-order valence-corrected chi connectivity index (χ0v) is 26.2. The molecule has 1 saturated heterocycles. The smallest absolute Gasteiger partial charge is 0.334 e. The molecule has 2 aliphatic rings. The van der Waals surface area contributed by atoms with E-state index in [0.29, 0.717) is 6.42 Å². The Morgan fingerprint density at radius 1 is 1.08 bits per heavy atom. The molecule has 1 heterocycles. The number of hydrogen-bond donors (Lipinski definition) is 0. The standard InChI is InChI=1S/C30H47NO5S2/c1-9-11-12-13-14-15-18-38(33,34)31-25(26(32)35-10-2)30(8,36-27(31)37)24-20-21(28(3,4)5)19-23-22(24)16-17-29(23,6)7/h19-20,25H,9-18H2,1-8H3. The van der Waals surface area contributed by atoms with E-state index in [-0.39, 0.29) is 28.4 Å². The van der Waals surface area contributed by atoms with Gasteiger partial charge in [0, 0.05) is 5.56 Å². The highest BCUT2D eigenvalue weighted by Crippen LogP contribution is 2.49. The third-order valence-electron chi connectivity index (χ3n) is 8.18. The number of sulfonamides is 1. The molecule has 0 saturated carbocycles. The van der Waals surface area contributed by atoms with Gasteiger partial charge in [-0.05, 0) is 72.8 Å². The first kappa shape index (κ1) is 30.9. The summed E-state index contributed by atoms with van der Waals surface area (Å²) < 4.78 is 40.2. The predicted octanol–water partition coefficient (Wildman–Crippen LogP) is 6.66. The molecular weight excluding hydrogens is 518 g/mol. The van der Waals surface area contributed by atoms with Crippen molar-refractivity contribution in [3.05, 3.63) is 34.4 Å². The molecule has 6 nitrogen and oxygen atoms in total. The van der Waals surface area contributed by atoms with Crippen LogP contribution in [0.3, 0.4) is 0 Å². The molecule has 0 bridgehead atoms. The minimum absolute atomic E-state index is 0.0379. The zero-order valence-electron chi connectivity index (χ0n) is 24.6. The summed E-state index contributed by atoms with van der Waals surface area (Å²) in [4.78, 5) is 13.5. The number of nitrogens with zero attached hydrogens (tertiary/aromatic N) is 1. The molecule has 1 aliphatic heterocycles. The minimum atomic E-state index is -3.90. The first-order valence-corrected chi connectivity index (χ1v) is 16.2. The van der Waals surface area contributed by atoms with Crippen molar-refractivity contribution in [2.24, 2.45) is 0 Å². The summed E-state index contributed by atoms with van der Waals surface area (Å²) in [6.07, 6.45) is 7.49. The number of carbonyl (C=O) groups is 1. The summed E-state index contributed by atoms with van der Waals surface area (Å²) in [7, 11) is -3.90. The molecule has 1 aromatic carbocycles. The van der Waals surface area contributed by atoms with Gasteiger partial charge in [0.15, 0.2) is 11.6 Å². The summed E-state index contributed by atoms with van der Waals surface area (Å²) >= 11 is 5.55. The summed E-state index contributed by atoms with van der Waals surface area (Å²) in [5.74, 6) is -0.713. The fourth-order valence-corrected chi connectivity index (χ4v) is 8.04. The van der Waals surface area contributed by atoms with Crippen molar-refractivity contribution >= 4 is 33.4 Å². The molecule has 0 N–H and O–H groups in total. The lowest BCUT2D eigenvalue weighted by atomic mass is 9.76. The minimum Gasteiger partial charge on any atom is -0.464 e. The topological polar surface area (TPSA) is 72.9 Å². The lowest BCUT2D eigenvalue weighted by molar-refractivity contribution is -0.150. The molecule has 3 rings (SSSR count). The van der Waals surface area contributed by atoms with Crippen LogP contribution in [0.15, 0.2) is 12.1 Å². The van der Waals surface area contributed by atoms with Gasteiger partial charge in [0.05, 0.1) is 12.4 Å². The summed E-state index contributed by atoms with van der Waals surface area (Å²) in [5, 5.41) is -0.177. The highest BCUT2D eigenvalue weighted by molar-refractivity contribution is 7.91. The summed E-state index contributed by atoms with van der Waals surface area (Å²) in [6, 6.07) is 3.15. The van der Waals surface area contributed by atoms with E-state index in [0.717, 1.165) is 65.9 Å². The van der Waals surface area contributed by atoms with Crippen LogP contribution in [0, 0.1) is 0 Å². The van der Waals surface area contributed by atoms with Crippen LogP contribution in [0.4, 0.5) is 0 Å². The largest absolute Gasteiger partial charge is 0.464 e. The Hall–Kier alpha value is -1.67. The van der Waals surface area contributed by atoms with Gasteiger partial charge in [0.25, 0.3) is 5.17 Å². The lowest BCUT2D eigenvalue weighted by Crippen LogP contribution is -2.51. The van der Waals surface area contributed by atoms with Crippen molar-refractivity contribution in [2.75, 3.05) is 12.4 Å². The second-order valence-electron chi connectivity index (χ2n) is 12.7. The van der Waals surface area contributed by atoms with Crippen LogP contribution in [0.1, 0.15) is 123 Å². The van der Waals surface area contributed by atoms with Crippen LogP contribution in [0.5, 0.6) is 0 Å². The number of rotatable bonds is 11. The molecule has 1 aliphatic carbocycles. The fraction of sp³-hybridized carbons (Fsp3) is 0.733. The van der Waals surface area contributed by atoms with Gasteiger partial charge in [0.2, 0.25) is 10.0 Å². The second kappa shape index (κ2) is 11.4. The zero-order chi connectivity index (χ0) is 28.5. The Bertz CT molecular complexity index is 1150. The van der Waals surface area contributed by atoms with Gasteiger partial charge in [-0.15, -0.1) is 0 Å². The molecule has 2 unspecified atom stereocenters. The molecule has 8 heteroatoms. The van der Waals surface area contributed by atoms with Crippen LogP contribution in [0.2, 0.25) is 0 Å². The van der Waals surface area contributed by atoms with E-state index in [1.54, 1.807) is 13.8 Å². The van der Waals surface area contributed by atoms with Crippen molar-refractivity contribution in [1.29, 1.82) is 0 Å². The average Bonchev–Trinajstić information content (AvgIpc) is 3.28. The van der Waals surface area contributed by atoms with E-state index in [9.17, 15) is 13.2 Å². The maximum Gasteiger partial charge on any atom is 0.334 e. The number of benzene rings is 1. The maximum atomic E-state index is 13.7. The number of fused-ring (bicyclic) bond motifs is 1. The van der Waals surface area contributed by atoms with Crippen molar-refractivity contribution in [2.45, 2.75) is 129 Å². The molecule has 1 fully saturated rings. The number of carbonyl (C=O) groups excluding carboxylic acids is 1. The molecule has 214 valence electrons. The van der Waals surface area contributed by atoms with E-state index in [1.807, 2.05) is 0 Å². The van der Waals surface area contributed by atoms with E-state index in [4.69, 9.17) is 21.7 Å². The number of unbranched alkanes of at least 4 members (excludes halogenated alkanes) is 5. The van der Waals surface area contributed by atoms with Crippen LogP contribution >= 0.6 is 12.2 Å². The van der Waals surface area contributed by atoms with Crippen molar-refractivity contribution < 1.29 is 22.7 Å². The summed E-state index contributed by atoms with van der Waals surface area (Å²) in [6.45, 7) is 16.7. The average molecular weight is 566 g/mol. The molecule has 0 spiro atoms. The Morgan fingerprint density at radius 3 is 2.29 bits per heavy atom. The normalized spacial score (nSPS) is 22.9. The van der Waals surface area contributed by atoms with Crippen LogP contribution in [0.25, 0.3) is 0 Å². The van der Waals surface area contributed by atoms with Gasteiger partial charge in [-0.3, -0.25) is 0 Å². The quantitative estimate of drug-likeness (QED) is 0.170. The molecule has 38 heavy (non-hydrogen) atoms. The number of thiocarbonyl (C=S) groups is 1. The molecule has 1 aromatic rings. The van der Waals surface area contributed by atoms with Gasteiger partial charge in [0.1, 0.15) is 0 Å².